The van der Waals surface area contributed by atoms with E-state index in [1.54, 1.807) is 6.08 Å². The van der Waals surface area contributed by atoms with E-state index in [4.69, 9.17) is 4.74 Å². The van der Waals surface area contributed by atoms with Crippen LogP contribution in [-0.2, 0) is 6.42 Å². The molecule has 0 atom stereocenters. The van der Waals surface area contributed by atoms with Gasteiger partial charge in [-0.2, -0.15) is 0 Å². The second kappa shape index (κ2) is 4.60. The summed E-state index contributed by atoms with van der Waals surface area (Å²) in [6.07, 6.45) is 2.76. The van der Waals surface area contributed by atoms with E-state index in [0.717, 1.165) is 12.2 Å². The summed E-state index contributed by atoms with van der Waals surface area (Å²) in [4.78, 5) is 0. The molecule has 0 unspecified atom stereocenters. The molecule has 1 aromatic rings. The van der Waals surface area contributed by atoms with Crippen LogP contribution < -0.4 is 4.74 Å². The van der Waals surface area contributed by atoms with Gasteiger partial charge in [0.15, 0.2) is 0 Å². The van der Waals surface area contributed by atoms with Gasteiger partial charge in [-0.1, -0.05) is 37.8 Å². The molecule has 0 saturated carbocycles. The fourth-order valence-electron chi connectivity index (χ4n) is 1.09. The van der Waals surface area contributed by atoms with Gasteiger partial charge in [0, 0.05) is 0 Å². The molecule has 0 aliphatic heterocycles. The van der Waals surface area contributed by atoms with E-state index in [0.29, 0.717) is 6.61 Å². The zero-order chi connectivity index (χ0) is 8.81. The minimum absolute atomic E-state index is 0.580. The predicted molar refractivity (Wildman–Crippen MR) is 51.5 cm³/mol. The fourth-order valence-corrected chi connectivity index (χ4v) is 1.09. The van der Waals surface area contributed by atoms with Crippen molar-refractivity contribution in [3.8, 4) is 5.75 Å². The highest BCUT2D eigenvalue weighted by Crippen LogP contribution is 2.17. The fraction of sp³-hybridized carbons (Fsp3) is 0.273. The highest BCUT2D eigenvalue weighted by atomic mass is 16.5. The van der Waals surface area contributed by atoms with Crippen LogP contribution in [0.3, 0.4) is 0 Å². The summed E-state index contributed by atoms with van der Waals surface area (Å²) in [7, 11) is 0. The van der Waals surface area contributed by atoms with Crippen LogP contribution in [0.1, 0.15) is 12.5 Å². The molecule has 0 aliphatic carbocycles. The molecule has 0 amide bonds. The lowest BCUT2D eigenvalue weighted by Gasteiger charge is -2.07. The average Bonchev–Trinajstić information content (AvgIpc) is 2.15. The lowest BCUT2D eigenvalue weighted by molar-refractivity contribution is 0.359. The molecule has 1 aromatic carbocycles. The molecular weight excluding hydrogens is 148 g/mol. The maximum absolute atomic E-state index is 5.46. The highest BCUT2D eigenvalue weighted by molar-refractivity contribution is 5.33. The van der Waals surface area contributed by atoms with Gasteiger partial charge >= 0.3 is 0 Å². The van der Waals surface area contributed by atoms with Crippen LogP contribution in [-0.4, -0.2) is 6.61 Å². The Balaban J connectivity index is 2.74. The van der Waals surface area contributed by atoms with Crippen LogP contribution in [0.15, 0.2) is 36.9 Å². The summed E-state index contributed by atoms with van der Waals surface area (Å²) in [6.45, 7) is 6.31. The molecule has 0 aliphatic rings. The minimum atomic E-state index is 0.580. The molecule has 0 heterocycles. The van der Waals surface area contributed by atoms with E-state index in [2.05, 4.69) is 19.6 Å². The number of para-hydroxylation sites is 1. The van der Waals surface area contributed by atoms with Crippen molar-refractivity contribution in [1.82, 2.24) is 0 Å². The lowest BCUT2D eigenvalue weighted by atomic mass is 10.1. The van der Waals surface area contributed by atoms with Gasteiger partial charge in [-0.25, -0.2) is 0 Å². The van der Waals surface area contributed by atoms with E-state index < -0.39 is 0 Å². The molecule has 1 nitrogen and oxygen atoms in total. The standard InChI is InChI=1S/C11H14O/c1-3-9-12-11-8-6-5-7-10(11)4-2/h3,5-8H,1,4,9H2,2H3. The Labute approximate surface area is 73.7 Å². The Morgan fingerprint density at radius 2 is 2.17 bits per heavy atom. The van der Waals surface area contributed by atoms with Crippen LogP contribution in [0.4, 0.5) is 0 Å². The molecule has 0 bridgehead atoms. The topological polar surface area (TPSA) is 9.23 Å². The molecule has 0 N–H and O–H groups in total. The molecule has 0 radical (unpaired) electrons. The third-order valence-corrected chi connectivity index (χ3v) is 1.71. The van der Waals surface area contributed by atoms with Crippen LogP contribution in [0.25, 0.3) is 0 Å². The van der Waals surface area contributed by atoms with Crippen molar-refractivity contribution >= 4 is 0 Å². The molecule has 1 rings (SSSR count). The quantitative estimate of drug-likeness (QED) is 0.618. The molecule has 0 spiro atoms. The molecule has 64 valence electrons. The third-order valence-electron chi connectivity index (χ3n) is 1.71. The molecule has 0 saturated heterocycles. The van der Waals surface area contributed by atoms with E-state index in [1.807, 2.05) is 18.2 Å². The first-order chi connectivity index (χ1) is 5.88. The normalized spacial score (nSPS) is 9.42. The minimum Gasteiger partial charge on any atom is -0.489 e. The van der Waals surface area contributed by atoms with Crippen molar-refractivity contribution in [2.24, 2.45) is 0 Å². The number of hydrogen-bond acceptors (Lipinski definition) is 1. The van der Waals surface area contributed by atoms with E-state index in [9.17, 15) is 0 Å². The van der Waals surface area contributed by atoms with Gasteiger partial charge < -0.3 is 4.74 Å². The predicted octanol–water partition coefficient (Wildman–Crippen LogP) is 2.81. The van der Waals surface area contributed by atoms with Crippen LogP contribution >= 0.6 is 0 Å². The van der Waals surface area contributed by atoms with E-state index in [-0.39, 0.29) is 0 Å². The zero-order valence-electron chi connectivity index (χ0n) is 7.42. The van der Waals surface area contributed by atoms with Gasteiger partial charge in [0.25, 0.3) is 0 Å². The Kier molecular flexibility index (Phi) is 3.39. The second-order valence-electron chi connectivity index (χ2n) is 2.56. The first kappa shape index (κ1) is 8.85. The SMILES string of the molecule is C=CCOc1ccccc1CC. The third kappa shape index (κ3) is 2.12. The summed E-state index contributed by atoms with van der Waals surface area (Å²) in [5.41, 5.74) is 1.25. The van der Waals surface area contributed by atoms with Gasteiger partial charge in [-0.3, -0.25) is 0 Å². The van der Waals surface area contributed by atoms with Crippen molar-refractivity contribution in [1.29, 1.82) is 0 Å². The zero-order valence-corrected chi connectivity index (χ0v) is 7.42. The average molecular weight is 162 g/mol. The lowest BCUT2D eigenvalue weighted by Crippen LogP contribution is -1.95. The second-order valence-corrected chi connectivity index (χ2v) is 2.56. The number of benzene rings is 1. The molecule has 1 heteroatoms. The number of hydrogen-bond donors (Lipinski definition) is 0. The van der Waals surface area contributed by atoms with Crippen LogP contribution in [0.2, 0.25) is 0 Å². The van der Waals surface area contributed by atoms with Crippen molar-refractivity contribution in [2.75, 3.05) is 6.61 Å². The van der Waals surface area contributed by atoms with Gasteiger partial charge in [-0.05, 0) is 18.1 Å². The summed E-state index contributed by atoms with van der Waals surface area (Å²) in [6, 6.07) is 8.08. The molecule has 12 heavy (non-hydrogen) atoms. The molecule has 0 aromatic heterocycles. The summed E-state index contributed by atoms with van der Waals surface area (Å²) in [5, 5.41) is 0. The summed E-state index contributed by atoms with van der Waals surface area (Å²) < 4.78 is 5.46. The van der Waals surface area contributed by atoms with Crippen molar-refractivity contribution < 1.29 is 4.74 Å². The monoisotopic (exact) mass is 162 g/mol. The van der Waals surface area contributed by atoms with Crippen LogP contribution in [0.5, 0.6) is 5.75 Å². The van der Waals surface area contributed by atoms with Crippen molar-refractivity contribution in [3.05, 3.63) is 42.5 Å². The number of rotatable bonds is 4. The van der Waals surface area contributed by atoms with E-state index in [1.165, 1.54) is 5.56 Å². The van der Waals surface area contributed by atoms with E-state index >= 15 is 0 Å². The highest BCUT2D eigenvalue weighted by Gasteiger charge is 1.97. The summed E-state index contributed by atoms with van der Waals surface area (Å²) >= 11 is 0. The Morgan fingerprint density at radius 1 is 1.42 bits per heavy atom. The summed E-state index contributed by atoms with van der Waals surface area (Å²) in [5.74, 6) is 0.972. The first-order valence-corrected chi connectivity index (χ1v) is 4.20. The largest absolute Gasteiger partial charge is 0.489 e. The first-order valence-electron chi connectivity index (χ1n) is 4.20. The van der Waals surface area contributed by atoms with Gasteiger partial charge in [0.2, 0.25) is 0 Å². The number of aryl methyl sites for hydroxylation is 1. The van der Waals surface area contributed by atoms with Crippen LogP contribution in [0, 0.1) is 0 Å². The number of ether oxygens (including phenoxy) is 1. The molecule has 0 fully saturated rings. The Bertz CT molecular complexity index is 253. The maximum Gasteiger partial charge on any atom is 0.122 e. The van der Waals surface area contributed by atoms with Gasteiger partial charge in [0.05, 0.1) is 0 Å². The Morgan fingerprint density at radius 3 is 2.83 bits per heavy atom. The smallest absolute Gasteiger partial charge is 0.122 e. The van der Waals surface area contributed by atoms with Crippen molar-refractivity contribution in [2.45, 2.75) is 13.3 Å². The Hall–Kier alpha value is -1.24. The molecular formula is C11H14O. The van der Waals surface area contributed by atoms with Crippen molar-refractivity contribution in [3.63, 3.8) is 0 Å². The van der Waals surface area contributed by atoms with Gasteiger partial charge in [0.1, 0.15) is 12.4 Å². The van der Waals surface area contributed by atoms with Gasteiger partial charge in [-0.15, -0.1) is 0 Å². The maximum atomic E-state index is 5.46.